The standard InChI is InChI=1S/C12H9ClOS2/c1-2-5-15-12-7-10(14)9-4-3-8(13)6-11(9)16-12/h2-4,6-7H,1,5H2. The van der Waals surface area contributed by atoms with Crippen LogP contribution in [0.4, 0.5) is 0 Å². The lowest BCUT2D eigenvalue weighted by molar-refractivity contribution is 1.59. The Hall–Kier alpha value is -0.770. The van der Waals surface area contributed by atoms with Gasteiger partial charge in [-0.1, -0.05) is 17.7 Å². The van der Waals surface area contributed by atoms with Crippen LogP contribution in [0.1, 0.15) is 0 Å². The van der Waals surface area contributed by atoms with Crippen molar-refractivity contribution in [1.29, 1.82) is 0 Å². The van der Waals surface area contributed by atoms with E-state index in [2.05, 4.69) is 6.58 Å². The molecule has 0 N–H and O–H groups in total. The van der Waals surface area contributed by atoms with Crippen molar-refractivity contribution in [2.45, 2.75) is 4.21 Å². The third-order valence-corrected chi connectivity index (χ3v) is 4.53. The van der Waals surface area contributed by atoms with Crippen molar-refractivity contribution in [2.75, 3.05) is 5.75 Å². The number of thioether (sulfide) groups is 1. The van der Waals surface area contributed by atoms with Gasteiger partial charge in [-0.3, -0.25) is 4.79 Å². The van der Waals surface area contributed by atoms with Gasteiger partial charge in [0.1, 0.15) is 0 Å². The van der Waals surface area contributed by atoms with Crippen LogP contribution in [-0.4, -0.2) is 5.75 Å². The highest BCUT2D eigenvalue weighted by Gasteiger charge is 2.03. The van der Waals surface area contributed by atoms with Crippen molar-refractivity contribution in [3.63, 3.8) is 0 Å². The van der Waals surface area contributed by atoms with Crippen LogP contribution in [-0.2, 0) is 0 Å². The minimum atomic E-state index is 0.0528. The summed E-state index contributed by atoms with van der Waals surface area (Å²) in [5.41, 5.74) is 0.0528. The van der Waals surface area contributed by atoms with Crippen molar-refractivity contribution < 1.29 is 0 Å². The number of benzene rings is 1. The minimum absolute atomic E-state index is 0.0528. The molecule has 0 amide bonds. The van der Waals surface area contributed by atoms with E-state index in [0.717, 1.165) is 20.0 Å². The first-order valence-corrected chi connectivity index (χ1v) is 6.86. The van der Waals surface area contributed by atoms with Gasteiger partial charge in [-0.15, -0.1) is 29.7 Å². The van der Waals surface area contributed by atoms with Crippen molar-refractivity contribution in [1.82, 2.24) is 0 Å². The SMILES string of the molecule is C=CCSc1cc(=O)c2ccc(Cl)cc2s1. The summed E-state index contributed by atoms with van der Waals surface area (Å²) in [6, 6.07) is 7.03. The van der Waals surface area contributed by atoms with Crippen LogP contribution in [0.15, 0.2) is 45.9 Å². The Balaban J connectivity index is 2.56. The van der Waals surface area contributed by atoms with E-state index in [-0.39, 0.29) is 5.43 Å². The third kappa shape index (κ3) is 2.48. The highest BCUT2D eigenvalue weighted by atomic mass is 35.5. The zero-order chi connectivity index (χ0) is 11.5. The fourth-order valence-electron chi connectivity index (χ4n) is 1.32. The molecule has 82 valence electrons. The molecule has 1 aromatic heterocycles. The molecule has 16 heavy (non-hydrogen) atoms. The van der Waals surface area contributed by atoms with Gasteiger partial charge in [0, 0.05) is 26.9 Å². The van der Waals surface area contributed by atoms with E-state index in [1.807, 2.05) is 12.1 Å². The summed E-state index contributed by atoms with van der Waals surface area (Å²) in [5, 5.41) is 1.39. The molecule has 0 radical (unpaired) electrons. The van der Waals surface area contributed by atoms with E-state index in [9.17, 15) is 4.79 Å². The maximum absolute atomic E-state index is 11.8. The summed E-state index contributed by atoms with van der Waals surface area (Å²) in [5.74, 6) is 0.808. The van der Waals surface area contributed by atoms with E-state index in [0.29, 0.717) is 5.02 Å². The molecular formula is C12H9ClOS2. The van der Waals surface area contributed by atoms with Crippen molar-refractivity contribution in [3.8, 4) is 0 Å². The van der Waals surface area contributed by atoms with E-state index >= 15 is 0 Å². The zero-order valence-electron chi connectivity index (χ0n) is 8.40. The van der Waals surface area contributed by atoms with Crippen LogP contribution in [0.2, 0.25) is 5.02 Å². The summed E-state index contributed by atoms with van der Waals surface area (Å²) in [4.78, 5) is 11.8. The molecule has 4 heteroatoms. The third-order valence-electron chi connectivity index (χ3n) is 2.01. The van der Waals surface area contributed by atoms with Gasteiger partial charge < -0.3 is 0 Å². The lowest BCUT2D eigenvalue weighted by Gasteiger charge is -2.00. The second-order valence-electron chi connectivity index (χ2n) is 3.17. The van der Waals surface area contributed by atoms with Gasteiger partial charge in [0.05, 0.1) is 4.21 Å². The molecule has 0 aliphatic carbocycles. The molecule has 0 atom stereocenters. The second kappa shape index (κ2) is 5.04. The largest absolute Gasteiger partial charge is 0.289 e. The molecule has 2 aromatic rings. The predicted octanol–water partition coefficient (Wildman–Crippen LogP) is 4.19. The molecule has 0 bridgehead atoms. The van der Waals surface area contributed by atoms with Crippen LogP contribution in [0.5, 0.6) is 0 Å². The van der Waals surface area contributed by atoms with Crippen LogP contribution in [0.25, 0.3) is 10.1 Å². The predicted molar refractivity (Wildman–Crippen MR) is 74.0 cm³/mol. The fourth-order valence-corrected chi connectivity index (χ4v) is 3.58. The zero-order valence-corrected chi connectivity index (χ0v) is 10.8. The van der Waals surface area contributed by atoms with Crippen molar-refractivity contribution in [2.24, 2.45) is 0 Å². The Kier molecular flexibility index (Phi) is 3.69. The Morgan fingerprint density at radius 3 is 3.00 bits per heavy atom. The number of hydrogen-bond donors (Lipinski definition) is 0. The summed E-state index contributed by atoms with van der Waals surface area (Å²) < 4.78 is 1.94. The van der Waals surface area contributed by atoms with Crippen LogP contribution >= 0.6 is 34.7 Å². The smallest absolute Gasteiger partial charge is 0.189 e. The van der Waals surface area contributed by atoms with Gasteiger partial charge in [0.15, 0.2) is 5.43 Å². The number of halogens is 1. The quantitative estimate of drug-likeness (QED) is 0.613. The highest BCUT2D eigenvalue weighted by molar-refractivity contribution is 8.01. The second-order valence-corrected chi connectivity index (χ2v) is 6.01. The Bertz CT molecular complexity index is 589. The number of hydrogen-bond acceptors (Lipinski definition) is 3. The monoisotopic (exact) mass is 268 g/mol. The first kappa shape index (κ1) is 11.7. The average Bonchev–Trinajstić information content (AvgIpc) is 2.25. The maximum Gasteiger partial charge on any atom is 0.189 e. The van der Waals surface area contributed by atoms with E-state index in [4.69, 9.17) is 11.6 Å². The van der Waals surface area contributed by atoms with Crippen molar-refractivity contribution >= 4 is 44.8 Å². The summed E-state index contributed by atoms with van der Waals surface area (Å²) in [7, 11) is 0. The summed E-state index contributed by atoms with van der Waals surface area (Å²) in [6.45, 7) is 3.66. The van der Waals surface area contributed by atoms with Gasteiger partial charge >= 0.3 is 0 Å². The Morgan fingerprint density at radius 2 is 2.25 bits per heavy atom. The maximum atomic E-state index is 11.8. The molecule has 1 aromatic carbocycles. The highest BCUT2D eigenvalue weighted by Crippen LogP contribution is 2.28. The molecular weight excluding hydrogens is 260 g/mol. The first-order chi connectivity index (χ1) is 7.70. The van der Waals surface area contributed by atoms with Crippen LogP contribution in [0.3, 0.4) is 0 Å². The molecule has 0 saturated carbocycles. The number of rotatable bonds is 3. The molecule has 1 heterocycles. The van der Waals surface area contributed by atoms with Gasteiger partial charge in [-0.05, 0) is 18.2 Å². The molecule has 0 aliphatic heterocycles. The molecule has 0 unspecified atom stereocenters. The molecule has 0 aliphatic rings. The molecule has 0 saturated heterocycles. The van der Waals surface area contributed by atoms with Gasteiger partial charge in [-0.25, -0.2) is 0 Å². The van der Waals surface area contributed by atoms with Gasteiger partial charge in [-0.2, -0.15) is 0 Å². The van der Waals surface area contributed by atoms with E-state index in [1.165, 1.54) is 0 Å². The van der Waals surface area contributed by atoms with Crippen LogP contribution < -0.4 is 5.43 Å². The molecule has 2 rings (SSSR count). The topological polar surface area (TPSA) is 17.1 Å². The Morgan fingerprint density at radius 1 is 1.44 bits per heavy atom. The lowest BCUT2D eigenvalue weighted by Crippen LogP contribution is -1.98. The van der Waals surface area contributed by atoms with Crippen molar-refractivity contribution in [3.05, 3.63) is 52.2 Å². The van der Waals surface area contributed by atoms with Crippen LogP contribution in [0, 0.1) is 0 Å². The normalized spacial score (nSPS) is 10.6. The molecule has 0 spiro atoms. The molecule has 1 nitrogen and oxygen atoms in total. The van der Waals surface area contributed by atoms with Gasteiger partial charge in [0.25, 0.3) is 0 Å². The minimum Gasteiger partial charge on any atom is -0.289 e. The van der Waals surface area contributed by atoms with E-state index in [1.54, 1.807) is 41.3 Å². The summed E-state index contributed by atoms with van der Waals surface area (Å²) >= 11 is 9.11. The fraction of sp³-hybridized carbons (Fsp3) is 0.0833. The molecule has 0 fully saturated rings. The van der Waals surface area contributed by atoms with Gasteiger partial charge in [0.2, 0.25) is 0 Å². The first-order valence-electron chi connectivity index (χ1n) is 4.68. The Labute approximate surface area is 107 Å². The lowest BCUT2D eigenvalue weighted by atomic mass is 10.2. The number of fused-ring (bicyclic) bond motifs is 1. The average molecular weight is 269 g/mol. The van der Waals surface area contributed by atoms with E-state index < -0.39 is 0 Å². The summed E-state index contributed by atoms with van der Waals surface area (Å²) in [6.07, 6.45) is 1.82.